The number of aliphatic imine (C=N–C) groups is 1. The number of ether oxygens (including phenoxy) is 1. The third-order valence-corrected chi connectivity index (χ3v) is 10.8. The van der Waals surface area contributed by atoms with Gasteiger partial charge < -0.3 is 4.74 Å². The first-order valence-electron chi connectivity index (χ1n) is 16.5. The van der Waals surface area contributed by atoms with Gasteiger partial charge in [-0.1, -0.05) is 168 Å². The van der Waals surface area contributed by atoms with Crippen LogP contribution in [0.15, 0.2) is 96.0 Å². The molecule has 0 aromatic heterocycles. The Morgan fingerprint density at radius 2 is 1.38 bits per heavy atom. The summed E-state index contributed by atoms with van der Waals surface area (Å²) in [5, 5.41) is 1.26. The largest absolute Gasteiger partial charge is 0.488 e. The number of benzene rings is 4. The highest BCUT2D eigenvalue weighted by molar-refractivity contribution is 7.49. The molecule has 0 spiro atoms. The molecule has 3 heteroatoms. The molecule has 0 saturated carbocycles. The van der Waals surface area contributed by atoms with Gasteiger partial charge in [-0.25, -0.2) is 0 Å². The van der Waals surface area contributed by atoms with Crippen molar-refractivity contribution in [2.45, 2.75) is 104 Å². The van der Waals surface area contributed by atoms with Gasteiger partial charge in [-0.05, 0) is 46.2 Å². The van der Waals surface area contributed by atoms with Gasteiger partial charge >= 0.3 is 0 Å². The topological polar surface area (TPSA) is 21.6 Å². The molecule has 238 valence electrons. The van der Waals surface area contributed by atoms with E-state index < -0.39 is 0 Å². The molecule has 4 aromatic carbocycles. The number of aryl methyl sites for hydroxylation is 1. The zero-order valence-electron chi connectivity index (χ0n) is 29.3. The summed E-state index contributed by atoms with van der Waals surface area (Å²) in [6.45, 7) is 21.6. The van der Waals surface area contributed by atoms with Crippen molar-refractivity contribution in [2.24, 2.45) is 4.99 Å². The second kappa shape index (κ2) is 14.5. The normalized spacial score (nSPS) is 14.1. The lowest BCUT2D eigenvalue weighted by Gasteiger charge is -2.37. The maximum atomic E-state index is 6.99. The SMILES string of the molecule is CCCCC(C)(Pc1c(C)cccc1/C(=N/C)c1ccccc1)c1cc(C(C)(C)C)cc(C(C)(C)C)c1OCc1ccccc1. The van der Waals surface area contributed by atoms with Crippen LogP contribution in [0.1, 0.15) is 114 Å². The van der Waals surface area contributed by atoms with Crippen LogP contribution in [-0.4, -0.2) is 12.8 Å². The van der Waals surface area contributed by atoms with E-state index in [1.807, 2.05) is 7.05 Å². The number of unbranched alkanes of at least 4 members (excludes halogenated alkanes) is 1. The second-order valence-electron chi connectivity index (χ2n) is 14.7. The first-order chi connectivity index (χ1) is 21.3. The monoisotopic (exact) mass is 619 g/mol. The van der Waals surface area contributed by atoms with Crippen molar-refractivity contribution in [3.63, 3.8) is 0 Å². The van der Waals surface area contributed by atoms with Crippen LogP contribution in [-0.2, 0) is 22.6 Å². The predicted octanol–water partition coefficient (Wildman–Crippen LogP) is 11.0. The van der Waals surface area contributed by atoms with Gasteiger partial charge in [0.15, 0.2) is 0 Å². The van der Waals surface area contributed by atoms with Gasteiger partial charge in [0.2, 0.25) is 0 Å². The molecule has 0 amide bonds. The maximum absolute atomic E-state index is 6.99. The summed E-state index contributed by atoms with van der Waals surface area (Å²) in [5.41, 5.74) is 9.87. The Labute approximate surface area is 275 Å². The van der Waals surface area contributed by atoms with Crippen LogP contribution in [0.4, 0.5) is 0 Å². The quantitative estimate of drug-likeness (QED) is 0.121. The predicted molar refractivity (Wildman–Crippen MR) is 199 cm³/mol. The molecule has 4 rings (SSSR count). The maximum Gasteiger partial charge on any atom is 0.127 e. The fourth-order valence-electron chi connectivity index (χ4n) is 6.02. The molecule has 0 heterocycles. The molecule has 2 nitrogen and oxygen atoms in total. The third-order valence-electron chi connectivity index (χ3n) is 8.81. The van der Waals surface area contributed by atoms with Gasteiger partial charge in [0, 0.05) is 34.5 Å². The fraction of sp³-hybridized carbons (Fsp3) is 0.405. The highest BCUT2D eigenvalue weighted by Crippen LogP contribution is 2.52. The minimum Gasteiger partial charge on any atom is -0.488 e. The van der Waals surface area contributed by atoms with Crippen molar-refractivity contribution in [2.75, 3.05) is 7.05 Å². The van der Waals surface area contributed by atoms with E-state index >= 15 is 0 Å². The van der Waals surface area contributed by atoms with Crippen LogP contribution in [0.25, 0.3) is 0 Å². The van der Waals surface area contributed by atoms with Crippen LogP contribution >= 0.6 is 8.58 Å². The third kappa shape index (κ3) is 8.33. The van der Waals surface area contributed by atoms with Crippen LogP contribution in [0, 0.1) is 6.92 Å². The van der Waals surface area contributed by atoms with Gasteiger partial charge in [-0.3, -0.25) is 4.99 Å². The van der Waals surface area contributed by atoms with Crippen molar-refractivity contribution >= 4 is 19.6 Å². The Morgan fingerprint density at radius 1 is 0.756 bits per heavy atom. The Hall–Kier alpha value is -3.22. The van der Waals surface area contributed by atoms with E-state index in [4.69, 9.17) is 9.73 Å². The Balaban J connectivity index is 1.97. The first kappa shape index (κ1) is 34.6. The van der Waals surface area contributed by atoms with Gasteiger partial charge in [0.05, 0.1) is 5.71 Å². The summed E-state index contributed by atoms with van der Waals surface area (Å²) in [5.74, 6) is 1.06. The highest BCUT2D eigenvalue weighted by Gasteiger charge is 2.36. The summed E-state index contributed by atoms with van der Waals surface area (Å²) < 4.78 is 6.99. The van der Waals surface area contributed by atoms with Crippen molar-refractivity contribution in [3.8, 4) is 5.75 Å². The second-order valence-corrected chi connectivity index (χ2v) is 16.5. The van der Waals surface area contributed by atoms with E-state index in [0.29, 0.717) is 15.2 Å². The van der Waals surface area contributed by atoms with E-state index in [2.05, 4.69) is 153 Å². The minimum atomic E-state index is -0.139. The van der Waals surface area contributed by atoms with Crippen molar-refractivity contribution in [1.82, 2.24) is 0 Å². The molecule has 4 aromatic rings. The van der Waals surface area contributed by atoms with Crippen molar-refractivity contribution in [1.29, 1.82) is 0 Å². The minimum absolute atomic E-state index is 0.00462. The number of nitrogens with zero attached hydrogens (tertiary/aromatic N) is 1. The summed E-state index contributed by atoms with van der Waals surface area (Å²) in [6, 6.07) is 32.8. The van der Waals surface area contributed by atoms with E-state index in [0.717, 1.165) is 36.3 Å². The average Bonchev–Trinajstić information content (AvgIpc) is 3.00. The Morgan fingerprint density at radius 3 is 1.96 bits per heavy atom. The Bertz CT molecular complexity index is 1590. The highest BCUT2D eigenvalue weighted by atomic mass is 31.1. The van der Waals surface area contributed by atoms with Crippen LogP contribution in [0.5, 0.6) is 5.75 Å². The summed E-state index contributed by atoms with van der Waals surface area (Å²) in [6.07, 6.45) is 3.39. The molecule has 0 saturated heterocycles. The number of hydrogen-bond donors (Lipinski definition) is 0. The smallest absolute Gasteiger partial charge is 0.127 e. The summed E-state index contributed by atoms with van der Waals surface area (Å²) in [7, 11) is 2.46. The van der Waals surface area contributed by atoms with Crippen molar-refractivity contribution < 1.29 is 4.74 Å². The van der Waals surface area contributed by atoms with Gasteiger partial charge in [-0.15, -0.1) is 0 Å². The lowest BCUT2D eigenvalue weighted by atomic mass is 9.76. The van der Waals surface area contributed by atoms with Crippen molar-refractivity contribution in [3.05, 3.63) is 130 Å². The van der Waals surface area contributed by atoms with E-state index in [9.17, 15) is 0 Å². The summed E-state index contributed by atoms with van der Waals surface area (Å²) >= 11 is 0. The Kier molecular flexibility index (Phi) is 11.1. The molecule has 0 fully saturated rings. The van der Waals surface area contributed by atoms with E-state index in [-0.39, 0.29) is 16.0 Å². The standard InChI is InChI=1S/C42H54NOP/c1-11-12-26-42(9,45-39-30(2)20-19-25-34(39)37(43-10)32-23-17-14-18-24-32)36-28-33(40(3,4)5)27-35(41(6,7)8)38(36)44-29-31-21-15-13-16-22-31/h13-25,27-28,45H,11-12,26,29H2,1-10H3/b43-37+. The van der Waals surface area contributed by atoms with Crippen LogP contribution in [0.2, 0.25) is 0 Å². The van der Waals surface area contributed by atoms with Gasteiger partial charge in [0.25, 0.3) is 0 Å². The summed E-state index contributed by atoms with van der Waals surface area (Å²) in [4.78, 5) is 4.87. The number of rotatable bonds is 11. The number of hydrogen-bond acceptors (Lipinski definition) is 2. The molecular weight excluding hydrogens is 565 g/mol. The lowest BCUT2D eigenvalue weighted by Crippen LogP contribution is -2.27. The molecule has 0 bridgehead atoms. The fourth-order valence-corrected chi connectivity index (χ4v) is 7.81. The van der Waals surface area contributed by atoms with Gasteiger partial charge in [-0.2, -0.15) is 0 Å². The zero-order valence-corrected chi connectivity index (χ0v) is 30.3. The molecule has 45 heavy (non-hydrogen) atoms. The molecular formula is C42H54NOP. The molecule has 0 aliphatic rings. The first-order valence-corrected chi connectivity index (χ1v) is 17.5. The molecule has 2 unspecified atom stereocenters. The van der Waals surface area contributed by atoms with E-state index in [1.165, 1.54) is 38.7 Å². The lowest BCUT2D eigenvalue weighted by molar-refractivity contribution is 0.290. The molecule has 0 N–H and O–H groups in total. The van der Waals surface area contributed by atoms with Gasteiger partial charge in [0.1, 0.15) is 12.4 Å². The molecule has 0 radical (unpaired) electrons. The van der Waals surface area contributed by atoms with Crippen LogP contribution < -0.4 is 10.0 Å². The average molecular weight is 620 g/mol. The molecule has 0 aliphatic heterocycles. The zero-order chi connectivity index (χ0) is 32.8. The molecule has 0 aliphatic carbocycles. The molecule has 2 atom stereocenters. The van der Waals surface area contributed by atoms with E-state index in [1.54, 1.807) is 0 Å². The van der Waals surface area contributed by atoms with Crippen LogP contribution in [0.3, 0.4) is 0 Å².